The number of aromatic nitrogens is 3. The summed E-state index contributed by atoms with van der Waals surface area (Å²) in [7, 11) is 0. The number of anilines is 1. The molecule has 3 rings (SSSR count). The first-order valence-corrected chi connectivity index (χ1v) is 7.27. The van der Waals surface area contributed by atoms with Gasteiger partial charge in [-0.15, -0.1) is 10.2 Å². The SMILES string of the molecule is O=[N+]([O-])c1cccnc1NCc1nnc(-c2ccccc2)s1. The smallest absolute Gasteiger partial charge is 0.311 e. The molecule has 110 valence electrons. The molecule has 0 aliphatic rings. The van der Waals surface area contributed by atoms with Crippen molar-refractivity contribution >= 4 is 22.8 Å². The fourth-order valence-electron chi connectivity index (χ4n) is 1.86. The number of nitro groups is 1. The number of hydrogen-bond acceptors (Lipinski definition) is 7. The topological polar surface area (TPSA) is 93.8 Å². The van der Waals surface area contributed by atoms with Gasteiger partial charge in [-0.25, -0.2) is 4.98 Å². The molecule has 2 aromatic heterocycles. The highest BCUT2D eigenvalue weighted by Gasteiger charge is 2.14. The van der Waals surface area contributed by atoms with Gasteiger partial charge in [0, 0.05) is 17.8 Å². The van der Waals surface area contributed by atoms with Crippen LogP contribution in [0.3, 0.4) is 0 Å². The summed E-state index contributed by atoms with van der Waals surface area (Å²) in [5.74, 6) is 0.226. The Morgan fingerprint density at radius 3 is 2.73 bits per heavy atom. The molecule has 0 spiro atoms. The van der Waals surface area contributed by atoms with E-state index >= 15 is 0 Å². The minimum atomic E-state index is -0.467. The number of hydrogen-bond donors (Lipinski definition) is 1. The lowest BCUT2D eigenvalue weighted by Crippen LogP contribution is -2.04. The molecule has 22 heavy (non-hydrogen) atoms. The molecule has 2 heterocycles. The van der Waals surface area contributed by atoms with Crippen LogP contribution in [0.4, 0.5) is 11.5 Å². The fourth-order valence-corrected chi connectivity index (χ4v) is 2.65. The van der Waals surface area contributed by atoms with Crippen LogP contribution in [0.2, 0.25) is 0 Å². The first-order valence-electron chi connectivity index (χ1n) is 6.45. The highest BCUT2D eigenvalue weighted by molar-refractivity contribution is 7.14. The maximum Gasteiger partial charge on any atom is 0.311 e. The van der Waals surface area contributed by atoms with E-state index in [1.165, 1.54) is 29.7 Å². The largest absolute Gasteiger partial charge is 0.358 e. The van der Waals surface area contributed by atoms with Crippen molar-refractivity contribution in [1.82, 2.24) is 15.2 Å². The number of nitrogens with zero attached hydrogens (tertiary/aromatic N) is 4. The Bertz CT molecular complexity index is 791. The molecule has 3 aromatic rings. The first kappa shape index (κ1) is 14.1. The van der Waals surface area contributed by atoms with E-state index in [2.05, 4.69) is 20.5 Å². The zero-order valence-electron chi connectivity index (χ0n) is 11.3. The molecule has 0 unspecified atom stereocenters. The fraction of sp³-hybridized carbons (Fsp3) is 0.0714. The van der Waals surface area contributed by atoms with Crippen LogP contribution in [0.15, 0.2) is 48.7 Å². The highest BCUT2D eigenvalue weighted by atomic mass is 32.1. The molecule has 0 aliphatic heterocycles. The van der Waals surface area contributed by atoms with Crippen LogP contribution in [0, 0.1) is 10.1 Å². The van der Waals surface area contributed by atoms with E-state index in [1.807, 2.05) is 30.3 Å². The quantitative estimate of drug-likeness (QED) is 0.574. The number of benzene rings is 1. The molecule has 0 aliphatic carbocycles. The molecule has 1 N–H and O–H groups in total. The Labute approximate surface area is 129 Å². The van der Waals surface area contributed by atoms with Gasteiger partial charge in [0.15, 0.2) is 0 Å². The van der Waals surface area contributed by atoms with Gasteiger partial charge >= 0.3 is 5.69 Å². The molecule has 1 aromatic carbocycles. The minimum Gasteiger partial charge on any atom is -0.358 e. The molecule has 0 amide bonds. The van der Waals surface area contributed by atoms with E-state index in [1.54, 1.807) is 0 Å². The third-order valence-electron chi connectivity index (χ3n) is 2.88. The van der Waals surface area contributed by atoms with Gasteiger partial charge in [-0.2, -0.15) is 0 Å². The van der Waals surface area contributed by atoms with Gasteiger partial charge in [-0.3, -0.25) is 10.1 Å². The Balaban J connectivity index is 1.73. The van der Waals surface area contributed by atoms with Crippen molar-refractivity contribution in [3.05, 3.63) is 63.8 Å². The van der Waals surface area contributed by atoms with Crippen molar-refractivity contribution < 1.29 is 4.92 Å². The normalized spacial score (nSPS) is 10.4. The molecular formula is C14H11N5O2S. The zero-order valence-corrected chi connectivity index (χ0v) is 12.2. The van der Waals surface area contributed by atoms with Gasteiger partial charge in [-0.1, -0.05) is 41.7 Å². The van der Waals surface area contributed by atoms with Crippen LogP contribution < -0.4 is 5.32 Å². The van der Waals surface area contributed by atoms with Crippen LogP contribution in [0.1, 0.15) is 5.01 Å². The van der Waals surface area contributed by atoms with Crippen molar-refractivity contribution in [2.75, 3.05) is 5.32 Å². The van der Waals surface area contributed by atoms with Crippen molar-refractivity contribution in [2.24, 2.45) is 0 Å². The molecule has 0 radical (unpaired) electrons. The minimum absolute atomic E-state index is 0.0599. The Hall–Kier alpha value is -2.87. The number of rotatable bonds is 5. The average molecular weight is 313 g/mol. The Kier molecular flexibility index (Phi) is 4.01. The molecule has 7 nitrogen and oxygen atoms in total. The standard InChI is InChI=1S/C14H11N5O2S/c20-19(21)11-7-4-8-15-13(11)16-9-12-17-18-14(22-12)10-5-2-1-3-6-10/h1-8H,9H2,(H,15,16). The van der Waals surface area contributed by atoms with Crippen molar-refractivity contribution in [2.45, 2.75) is 6.54 Å². The van der Waals surface area contributed by atoms with Crippen molar-refractivity contribution in [3.63, 3.8) is 0 Å². The van der Waals surface area contributed by atoms with Crippen LogP contribution in [0.25, 0.3) is 10.6 Å². The molecule has 0 atom stereocenters. The second kappa shape index (κ2) is 6.27. The maximum absolute atomic E-state index is 10.9. The lowest BCUT2D eigenvalue weighted by Gasteiger charge is -2.02. The van der Waals surface area contributed by atoms with Crippen LogP contribution in [-0.2, 0) is 6.54 Å². The van der Waals surface area contributed by atoms with Gasteiger partial charge in [0.2, 0.25) is 5.82 Å². The molecule has 0 bridgehead atoms. The summed E-state index contributed by atoms with van der Waals surface area (Å²) in [5.41, 5.74) is 0.936. The summed E-state index contributed by atoms with van der Waals surface area (Å²) in [6.07, 6.45) is 1.50. The maximum atomic E-state index is 10.9. The number of nitrogens with one attached hydrogen (secondary N) is 1. The van der Waals surface area contributed by atoms with E-state index in [0.29, 0.717) is 6.54 Å². The van der Waals surface area contributed by atoms with Crippen LogP contribution in [-0.4, -0.2) is 20.1 Å². The first-order chi connectivity index (χ1) is 10.7. The summed E-state index contributed by atoms with van der Waals surface area (Å²) in [6, 6.07) is 12.7. The predicted octanol–water partition coefficient (Wildman–Crippen LogP) is 3.12. The second-order valence-electron chi connectivity index (χ2n) is 4.35. The van der Waals surface area contributed by atoms with E-state index < -0.39 is 4.92 Å². The van der Waals surface area contributed by atoms with Gasteiger partial charge in [0.25, 0.3) is 0 Å². The van der Waals surface area contributed by atoms with Gasteiger partial charge < -0.3 is 5.32 Å². The lowest BCUT2D eigenvalue weighted by atomic mass is 10.2. The summed E-state index contributed by atoms with van der Waals surface area (Å²) >= 11 is 1.44. The second-order valence-corrected chi connectivity index (χ2v) is 5.41. The van der Waals surface area contributed by atoms with Gasteiger partial charge in [-0.05, 0) is 6.07 Å². The van der Waals surface area contributed by atoms with E-state index in [4.69, 9.17) is 0 Å². The van der Waals surface area contributed by atoms with Gasteiger partial charge in [0.05, 0.1) is 11.5 Å². The van der Waals surface area contributed by atoms with Gasteiger partial charge in [0.1, 0.15) is 10.0 Å². The third kappa shape index (κ3) is 3.07. The monoisotopic (exact) mass is 313 g/mol. The zero-order chi connectivity index (χ0) is 15.4. The molecular weight excluding hydrogens is 302 g/mol. The number of pyridine rings is 1. The van der Waals surface area contributed by atoms with E-state index in [9.17, 15) is 10.1 Å². The summed E-state index contributed by atoms with van der Waals surface area (Å²) in [6.45, 7) is 0.336. The molecule has 0 fully saturated rings. The Morgan fingerprint density at radius 2 is 1.95 bits per heavy atom. The van der Waals surface area contributed by atoms with Crippen LogP contribution in [0.5, 0.6) is 0 Å². The molecule has 8 heteroatoms. The summed E-state index contributed by atoms with van der Waals surface area (Å²) in [5, 5.41) is 23.6. The summed E-state index contributed by atoms with van der Waals surface area (Å²) < 4.78 is 0. The summed E-state index contributed by atoms with van der Waals surface area (Å²) in [4.78, 5) is 14.4. The third-order valence-corrected chi connectivity index (χ3v) is 3.85. The molecule has 0 saturated carbocycles. The van der Waals surface area contributed by atoms with Crippen molar-refractivity contribution in [1.29, 1.82) is 0 Å². The lowest BCUT2D eigenvalue weighted by molar-refractivity contribution is -0.384. The Morgan fingerprint density at radius 1 is 1.14 bits per heavy atom. The average Bonchev–Trinajstić information content (AvgIpc) is 3.03. The van der Waals surface area contributed by atoms with E-state index in [-0.39, 0.29) is 11.5 Å². The molecule has 0 saturated heterocycles. The van der Waals surface area contributed by atoms with Crippen molar-refractivity contribution in [3.8, 4) is 10.6 Å². The van der Waals surface area contributed by atoms with E-state index in [0.717, 1.165) is 15.6 Å². The predicted molar refractivity (Wildman–Crippen MR) is 83.6 cm³/mol. The highest BCUT2D eigenvalue weighted by Crippen LogP contribution is 2.25. The van der Waals surface area contributed by atoms with Crippen LogP contribution >= 0.6 is 11.3 Å².